The first kappa shape index (κ1) is 14.9. The van der Waals surface area contributed by atoms with Crippen LogP contribution in [-0.4, -0.2) is 34.4 Å². The van der Waals surface area contributed by atoms with Crippen LogP contribution in [0.25, 0.3) is 0 Å². The van der Waals surface area contributed by atoms with E-state index in [-0.39, 0.29) is 6.03 Å². The van der Waals surface area contributed by atoms with Crippen molar-refractivity contribution in [2.45, 2.75) is 88.2 Å². The van der Waals surface area contributed by atoms with Crippen molar-refractivity contribution in [1.29, 1.82) is 0 Å². The number of rotatable bonds is 2. The Bertz CT molecular complexity index is 494. The van der Waals surface area contributed by atoms with Gasteiger partial charge in [-0.2, -0.15) is 0 Å². The van der Waals surface area contributed by atoms with E-state index in [4.69, 9.17) is 11.6 Å². The van der Waals surface area contributed by atoms with Gasteiger partial charge >= 0.3 is 6.03 Å². The van der Waals surface area contributed by atoms with Gasteiger partial charge in [-0.1, -0.05) is 6.92 Å². The molecule has 2 amide bonds. The molecule has 2 saturated heterocycles. The van der Waals surface area contributed by atoms with Gasteiger partial charge in [-0.25, -0.2) is 4.79 Å². The molecule has 128 valence electrons. The first-order valence-corrected chi connectivity index (χ1v) is 10.2. The topological polar surface area (TPSA) is 32.3 Å². The molecule has 7 rings (SSSR count). The zero-order chi connectivity index (χ0) is 15.8. The Kier molecular flexibility index (Phi) is 3.25. The largest absolute Gasteiger partial charge is 0.335 e. The van der Waals surface area contributed by atoms with Crippen molar-refractivity contribution in [2.24, 2.45) is 23.2 Å². The van der Waals surface area contributed by atoms with Gasteiger partial charge in [0.15, 0.2) is 0 Å². The van der Waals surface area contributed by atoms with Gasteiger partial charge in [0.1, 0.15) is 0 Å². The molecule has 0 aromatic rings. The number of amides is 2. The molecule has 4 heteroatoms. The van der Waals surface area contributed by atoms with E-state index in [1.165, 1.54) is 38.5 Å². The van der Waals surface area contributed by atoms with Crippen LogP contribution in [0.15, 0.2) is 0 Å². The van der Waals surface area contributed by atoms with E-state index in [0.717, 1.165) is 31.1 Å². The molecule has 7 fully saturated rings. The normalized spacial score (nSPS) is 53.7. The van der Waals surface area contributed by atoms with E-state index >= 15 is 0 Å². The number of urea groups is 1. The first-order chi connectivity index (χ1) is 11.0. The summed E-state index contributed by atoms with van der Waals surface area (Å²) < 4.78 is 0. The number of fused-ring (bicyclic) bond motifs is 2. The third kappa shape index (κ3) is 2.18. The molecule has 5 saturated carbocycles. The van der Waals surface area contributed by atoms with Crippen molar-refractivity contribution in [3.05, 3.63) is 0 Å². The monoisotopic (exact) mass is 336 g/mol. The minimum Gasteiger partial charge on any atom is -0.335 e. The van der Waals surface area contributed by atoms with Crippen LogP contribution < -0.4 is 5.32 Å². The first-order valence-electron chi connectivity index (χ1n) is 9.77. The highest BCUT2D eigenvalue weighted by atomic mass is 35.5. The number of carbonyl (C=O) groups is 1. The van der Waals surface area contributed by atoms with Crippen molar-refractivity contribution in [3.8, 4) is 0 Å². The Balaban J connectivity index is 1.20. The average molecular weight is 337 g/mol. The van der Waals surface area contributed by atoms with E-state index in [0.29, 0.717) is 34.8 Å². The average Bonchev–Trinajstić information content (AvgIpc) is 2.38. The van der Waals surface area contributed by atoms with Crippen molar-refractivity contribution in [1.82, 2.24) is 10.2 Å². The number of hydrogen-bond donors (Lipinski definition) is 1. The Morgan fingerprint density at radius 1 is 1.09 bits per heavy atom. The lowest BCUT2D eigenvalue weighted by Gasteiger charge is -2.67. The van der Waals surface area contributed by atoms with Gasteiger partial charge in [-0.05, 0) is 81.0 Å². The van der Waals surface area contributed by atoms with Gasteiger partial charge in [0.05, 0.1) is 0 Å². The number of halogens is 1. The zero-order valence-electron chi connectivity index (χ0n) is 14.1. The molecular weight excluding hydrogens is 308 g/mol. The molecule has 7 aliphatic rings. The number of piperidine rings is 1. The van der Waals surface area contributed by atoms with Crippen LogP contribution in [0, 0.1) is 23.2 Å². The predicted molar refractivity (Wildman–Crippen MR) is 91.5 cm³/mol. The van der Waals surface area contributed by atoms with Gasteiger partial charge < -0.3 is 10.2 Å². The summed E-state index contributed by atoms with van der Waals surface area (Å²) in [6, 6.07) is 1.60. The highest BCUT2D eigenvalue weighted by Gasteiger charge is 2.62. The standard InChI is InChI=1S/C19H29ClN2O/c1-11-4-14-7-15(5-11)22(14)18(23)21-13-2-3-17(20)16(6-13)19-8-12(9-19)10-19/h11-17H,2-10H2,1H3,(H,21,23). The molecule has 0 aromatic heterocycles. The lowest BCUT2D eigenvalue weighted by molar-refractivity contribution is -0.160. The maximum Gasteiger partial charge on any atom is 0.318 e. The van der Waals surface area contributed by atoms with Gasteiger partial charge in [0.25, 0.3) is 0 Å². The Hall–Kier alpha value is -0.440. The highest BCUT2D eigenvalue weighted by Crippen LogP contribution is 2.70. The fourth-order valence-corrected chi connectivity index (χ4v) is 7.12. The lowest BCUT2D eigenvalue weighted by Crippen LogP contribution is -2.66. The number of nitrogens with zero attached hydrogens (tertiary/aromatic N) is 1. The Morgan fingerprint density at radius 2 is 1.78 bits per heavy atom. The molecule has 5 aliphatic carbocycles. The van der Waals surface area contributed by atoms with Crippen molar-refractivity contribution >= 4 is 17.6 Å². The number of nitrogens with one attached hydrogen (secondary N) is 1. The summed E-state index contributed by atoms with van der Waals surface area (Å²) in [5, 5.41) is 3.72. The van der Waals surface area contributed by atoms with Crippen LogP contribution in [0.3, 0.4) is 0 Å². The smallest absolute Gasteiger partial charge is 0.318 e. The second-order valence-electron chi connectivity index (χ2n) is 9.45. The summed E-state index contributed by atoms with van der Waals surface area (Å²) in [6.45, 7) is 2.32. The molecule has 5 atom stereocenters. The zero-order valence-corrected chi connectivity index (χ0v) is 14.9. The molecule has 2 heterocycles. The second kappa shape index (κ2) is 5.03. The van der Waals surface area contributed by atoms with Crippen molar-refractivity contribution in [3.63, 3.8) is 0 Å². The number of carbonyl (C=O) groups excluding carboxylic acids is 1. The summed E-state index contributed by atoms with van der Waals surface area (Å²) in [4.78, 5) is 14.9. The summed E-state index contributed by atoms with van der Waals surface area (Å²) >= 11 is 6.68. The van der Waals surface area contributed by atoms with Crippen LogP contribution in [0.5, 0.6) is 0 Å². The SMILES string of the molecule is CC1CC2CC(C1)N2C(=O)NC1CCC(Cl)C(C23CC(C2)C3)C1. The lowest BCUT2D eigenvalue weighted by atomic mass is 9.39. The molecule has 0 radical (unpaired) electrons. The molecule has 0 spiro atoms. The molecule has 3 nitrogen and oxygen atoms in total. The van der Waals surface area contributed by atoms with Gasteiger partial charge in [0, 0.05) is 23.5 Å². The van der Waals surface area contributed by atoms with E-state index < -0.39 is 0 Å². The van der Waals surface area contributed by atoms with Crippen LogP contribution >= 0.6 is 11.6 Å². The van der Waals surface area contributed by atoms with Gasteiger partial charge in [0.2, 0.25) is 0 Å². The summed E-state index contributed by atoms with van der Waals surface area (Å²) in [6.07, 6.45) is 11.1. The fraction of sp³-hybridized carbons (Fsp3) is 0.947. The van der Waals surface area contributed by atoms with Gasteiger partial charge in [-0.15, -0.1) is 11.6 Å². The van der Waals surface area contributed by atoms with E-state index in [1.807, 2.05) is 0 Å². The molecule has 5 unspecified atom stereocenters. The quantitative estimate of drug-likeness (QED) is 0.755. The Labute approximate surface area is 144 Å². The minimum atomic E-state index is 0.215. The summed E-state index contributed by atoms with van der Waals surface area (Å²) in [5.41, 5.74) is 0.573. The predicted octanol–water partition coefficient (Wildman–Crippen LogP) is 4.15. The summed E-state index contributed by atoms with van der Waals surface area (Å²) in [7, 11) is 0. The maximum atomic E-state index is 12.7. The maximum absolute atomic E-state index is 12.7. The third-order valence-corrected chi connectivity index (χ3v) is 8.40. The van der Waals surface area contributed by atoms with Gasteiger partial charge in [-0.3, -0.25) is 0 Å². The molecule has 2 aliphatic heterocycles. The Morgan fingerprint density at radius 3 is 2.39 bits per heavy atom. The fourth-order valence-electron chi connectivity index (χ4n) is 6.62. The number of alkyl halides is 1. The molecular formula is C19H29ClN2O. The van der Waals surface area contributed by atoms with E-state index in [2.05, 4.69) is 17.1 Å². The van der Waals surface area contributed by atoms with Crippen LogP contribution in [0.4, 0.5) is 4.79 Å². The van der Waals surface area contributed by atoms with E-state index in [9.17, 15) is 4.79 Å². The van der Waals surface area contributed by atoms with Crippen molar-refractivity contribution in [2.75, 3.05) is 0 Å². The number of hydrogen-bond acceptors (Lipinski definition) is 1. The molecule has 23 heavy (non-hydrogen) atoms. The molecule has 4 bridgehead atoms. The third-order valence-electron chi connectivity index (χ3n) is 7.88. The molecule has 0 aromatic carbocycles. The minimum absolute atomic E-state index is 0.215. The molecule has 1 N–H and O–H groups in total. The summed E-state index contributed by atoms with van der Waals surface area (Å²) in [5.74, 6) is 2.45. The second-order valence-corrected chi connectivity index (χ2v) is 10.0. The van der Waals surface area contributed by atoms with Crippen molar-refractivity contribution < 1.29 is 4.79 Å². The van der Waals surface area contributed by atoms with Crippen LogP contribution in [0.1, 0.15) is 64.7 Å². The van der Waals surface area contributed by atoms with Crippen LogP contribution in [0.2, 0.25) is 0 Å². The van der Waals surface area contributed by atoms with Crippen LogP contribution in [-0.2, 0) is 0 Å². The highest BCUT2D eigenvalue weighted by molar-refractivity contribution is 6.20. The van der Waals surface area contributed by atoms with E-state index in [1.54, 1.807) is 0 Å².